The molecule has 0 atom stereocenters. The van der Waals surface area contributed by atoms with E-state index in [4.69, 9.17) is 0 Å². The molecule has 1 aromatic carbocycles. The molecule has 0 spiro atoms. The van der Waals surface area contributed by atoms with Crippen molar-refractivity contribution in [2.75, 3.05) is 5.75 Å². The molecule has 0 aliphatic carbocycles. The minimum absolute atomic E-state index is 0.118. The Kier molecular flexibility index (Phi) is 7.11. The Bertz CT molecular complexity index is 1060. The van der Waals surface area contributed by atoms with Crippen LogP contribution in [0.5, 0.6) is 11.5 Å². The summed E-state index contributed by atoms with van der Waals surface area (Å²) < 4.78 is 1.90. The number of aryl methyl sites for hydroxylation is 2. The maximum absolute atomic E-state index is 12.4. The third-order valence-electron chi connectivity index (χ3n) is 4.03. The first-order valence-corrected chi connectivity index (χ1v) is 11.0. The molecule has 0 unspecified atom stereocenters. The fraction of sp³-hybridized carbons (Fsp3) is 0.250. The SMILES string of the molecule is C=CCn1c(CSc2nc(C)cc(C)n2)nnc1SCC(=O)c1ccc(O)c(O)c1. The fourth-order valence-corrected chi connectivity index (χ4v) is 4.39. The molecule has 2 N–H and O–H groups in total. The third-order valence-corrected chi connectivity index (χ3v) is 5.84. The number of hydrogen-bond acceptors (Lipinski definition) is 9. The lowest BCUT2D eigenvalue weighted by molar-refractivity contribution is 0.102. The summed E-state index contributed by atoms with van der Waals surface area (Å²) in [4.78, 5) is 21.3. The van der Waals surface area contributed by atoms with E-state index in [1.807, 2.05) is 24.5 Å². The summed E-state index contributed by atoms with van der Waals surface area (Å²) in [6, 6.07) is 5.93. The van der Waals surface area contributed by atoms with Gasteiger partial charge in [0.25, 0.3) is 0 Å². The summed E-state index contributed by atoms with van der Waals surface area (Å²) in [6.45, 7) is 8.15. The first-order valence-electron chi connectivity index (χ1n) is 9.03. The quantitative estimate of drug-likeness (QED) is 0.168. The van der Waals surface area contributed by atoms with Crippen LogP contribution in [0.3, 0.4) is 0 Å². The summed E-state index contributed by atoms with van der Waals surface area (Å²) >= 11 is 2.73. The molecule has 3 aromatic rings. The number of Topliss-reactive ketones (excluding diaryl/α,β-unsaturated/α-hetero) is 1. The molecule has 3 rings (SSSR count). The summed E-state index contributed by atoms with van der Waals surface area (Å²) in [5.74, 6) is 0.605. The Morgan fingerprint density at radius 3 is 2.50 bits per heavy atom. The maximum atomic E-state index is 12.4. The van der Waals surface area contributed by atoms with Gasteiger partial charge in [-0.3, -0.25) is 4.79 Å². The zero-order valence-corrected chi connectivity index (χ0v) is 18.2. The van der Waals surface area contributed by atoms with Crippen molar-refractivity contribution in [3.8, 4) is 11.5 Å². The van der Waals surface area contributed by atoms with E-state index in [2.05, 4.69) is 26.7 Å². The van der Waals surface area contributed by atoms with Crippen LogP contribution in [-0.4, -0.2) is 46.5 Å². The van der Waals surface area contributed by atoms with Crippen LogP contribution in [-0.2, 0) is 12.3 Å². The topological polar surface area (TPSA) is 114 Å². The normalized spacial score (nSPS) is 10.9. The van der Waals surface area contributed by atoms with Crippen LogP contribution in [0.4, 0.5) is 0 Å². The maximum Gasteiger partial charge on any atom is 0.191 e. The first kappa shape index (κ1) is 21.8. The van der Waals surface area contributed by atoms with Gasteiger partial charge in [0, 0.05) is 23.5 Å². The van der Waals surface area contributed by atoms with Gasteiger partial charge in [-0.1, -0.05) is 29.6 Å². The van der Waals surface area contributed by atoms with Crippen molar-refractivity contribution in [3.63, 3.8) is 0 Å². The molecule has 0 radical (unpaired) electrons. The standard InChI is InChI=1S/C20H21N5O3S2/c1-4-7-25-18(11-29-19-21-12(2)8-13(3)22-19)23-24-20(25)30-10-17(28)14-5-6-15(26)16(27)9-14/h4-6,8-9,26-27H,1,7,10-11H2,2-3H3. The lowest BCUT2D eigenvalue weighted by atomic mass is 10.1. The van der Waals surface area contributed by atoms with Crippen molar-refractivity contribution in [1.82, 2.24) is 24.7 Å². The summed E-state index contributed by atoms with van der Waals surface area (Å²) in [6.07, 6.45) is 1.74. The van der Waals surface area contributed by atoms with Crippen LogP contribution in [0.2, 0.25) is 0 Å². The van der Waals surface area contributed by atoms with E-state index < -0.39 is 0 Å². The van der Waals surface area contributed by atoms with Crippen molar-refractivity contribution >= 4 is 29.3 Å². The molecular weight excluding hydrogens is 422 g/mol. The molecule has 10 heteroatoms. The Morgan fingerprint density at radius 1 is 1.10 bits per heavy atom. The summed E-state index contributed by atoms with van der Waals surface area (Å²) in [5, 5.41) is 28.7. The van der Waals surface area contributed by atoms with Crippen molar-refractivity contribution in [2.24, 2.45) is 0 Å². The van der Waals surface area contributed by atoms with E-state index in [-0.39, 0.29) is 23.0 Å². The number of thioether (sulfide) groups is 2. The Balaban J connectivity index is 1.69. The second-order valence-corrected chi connectivity index (χ2v) is 8.32. The van der Waals surface area contributed by atoms with Gasteiger partial charge >= 0.3 is 0 Å². The van der Waals surface area contributed by atoms with Gasteiger partial charge < -0.3 is 14.8 Å². The van der Waals surface area contributed by atoms with Crippen molar-refractivity contribution < 1.29 is 15.0 Å². The van der Waals surface area contributed by atoms with E-state index in [0.29, 0.717) is 28.2 Å². The lowest BCUT2D eigenvalue weighted by Crippen LogP contribution is -2.06. The Morgan fingerprint density at radius 2 is 1.83 bits per heavy atom. The van der Waals surface area contributed by atoms with Crippen LogP contribution in [0.15, 0.2) is 47.2 Å². The number of aromatic nitrogens is 5. The molecule has 8 nitrogen and oxygen atoms in total. The Hall–Kier alpha value is -2.85. The molecule has 156 valence electrons. The average molecular weight is 444 g/mol. The monoisotopic (exact) mass is 443 g/mol. The van der Waals surface area contributed by atoms with E-state index >= 15 is 0 Å². The Labute approximate surface area is 182 Å². The number of nitrogens with zero attached hydrogens (tertiary/aromatic N) is 5. The highest BCUT2D eigenvalue weighted by Gasteiger charge is 2.16. The van der Waals surface area contributed by atoms with Crippen LogP contribution >= 0.6 is 23.5 Å². The van der Waals surface area contributed by atoms with Crippen LogP contribution in [0.1, 0.15) is 27.6 Å². The van der Waals surface area contributed by atoms with E-state index in [1.54, 1.807) is 6.08 Å². The predicted octanol–water partition coefficient (Wildman–Crippen LogP) is 3.55. The van der Waals surface area contributed by atoms with Gasteiger partial charge in [0.05, 0.1) is 11.5 Å². The van der Waals surface area contributed by atoms with Gasteiger partial charge in [0.1, 0.15) is 5.82 Å². The number of hydrogen-bond donors (Lipinski definition) is 2. The highest BCUT2D eigenvalue weighted by atomic mass is 32.2. The number of carbonyl (C=O) groups is 1. The molecule has 0 fully saturated rings. The second-order valence-electron chi connectivity index (χ2n) is 6.44. The van der Waals surface area contributed by atoms with Gasteiger partial charge in [-0.15, -0.1) is 16.8 Å². The molecule has 2 heterocycles. The van der Waals surface area contributed by atoms with E-state index in [1.165, 1.54) is 41.7 Å². The highest BCUT2D eigenvalue weighted by Crippen LogP contribution is 2.27. The minimum atomic E-state index is -0.325. The van der Waals surface area contributed by atoms with E-state index in [9.17, 15) is 15.0 Å². The molecule has 2 aromatic heterocycles. The van der Waals surface area contributed by atoms with Gasteiger partial charge in [0.15, 0.2) is 27.6 Å². The smallest absolute Gasteiger partial charge is 0.191 e. The van der Waals surface area contributed by atoms with Crippen molar-refractivity contribution in [1.29, 1.82) is 0 Å². The largest absolute Gasteiger partial charge is 0.504 e. The van der Waals surface area contributed by atoms with E-state index in [0.717, 1.165) is 17.2 Å². The first-order chi connectivity index (χ1) is 14.4. The second kappa shape index (κ2) is 9.77. The van der Waals surface area contributed by atoms with Gasteiger partial charge in [-0.05, 0) is 38.1 Å². The lowest BCUT2D eigenvalue weighted by Gasteiger charge is -2.08. The van der Waals surface area contributed by atoms with Crippen molar-refractivity contribution in [3.05, 3.63) is 59.7 Å². The molecule has 0 aliphatic rings. The molecule has 0 saturated heterocycles. The number of ketones is 1. The third kappa shape index (κ3) is 5.39. The predicted molar refractivity (Wildman–Crippen MR) is 116 cm³/mol. The fourth-order valence-electron chi connectivity index (χ4n) is 2.64. The zero-order valence-electron chi connectivity index (χ0n) is 16.6. The highest BCUT2D eigenvalue weighted by molar-refractivity contribution is 7.99. The molecule has 0 bridgehead atoms. The zero-order chi connectivity index (χ0) is 21.7. The van der Waals surface area contributed by atoms with Crippen LogP contribution < -0.4 is 0 Å². The number of phenols is 2. The van der Waals surface area contributed by atoms with Gasteiger partial charge in [-0.25, -0.2) is 9.97 Å². The number of rotatable bonds is 9. The summed E-state index contributed by atoms with van der Waals surface area (Å²) in [7, 11) is 0. The van der Waals surface area contributed by atoms with Gasteiger partial charge in [0.2, 0.25) is 0 Å². The number of benzene rings is 1. The number of aromatic hydroxyl groups is 2. The minimum Gasteiger partial charge on any atom is -0.504 e. The van der Waals surface area contributed by atoms with Crippen LogP contribution in [0, 0.1) is 13.8 Å². The average Bonchev–Trinajstić information content (AvgIpc) is 3.08. The van der Waals surface area contributed by atoms with Gasteiger partial charge in [-0.2, -0.15) is 0 Å². The number of allylic oxidation sites excluding steroid dienone is 1. The van der Waals surface area contributed by atoms with Crippen molar-refractivity contribution in [2.45, 2.75) is 36.5 Å². The molecule has 0 saturated carbocycles. The molecular formula is C20H21N5O3S2. The summed E-state index contributed by atoms with van der Waals surface area (Å²) in [5.41, 5.74) is 2.13. The number of phenolic OH excluding ortho intramolecular Hbond substituents is 2. The molecule has 0 amide bonds. The molecule has 30 heavy (non-hydrogen) atoms. The molecule has 0 aliphatic heterocycles. The van der Waals surface area contributed by atoms with Crippen LogP contribution in [0.25, 0.3) is 0 Å². The number of carbonyl (C=O) groups excluding carboxylic acids is 1.